The van der Waals surface area contributed by atoms with Gasteiger partial charge in [-0.1, -0.05) is 0 Å². The first-order chi connectivity index (χ1) is 14.5. The molecule has 6 heteroatoms. The van der Waals surface area contributed by atoms with Crippen molar-refractivity contribution in [3.63, 3.8) is 0 Å². The van der Waals surface area contributed by atoms with Crippen LogP contribution in [-0.4, -0.2) is 58.8 Å². The maximum absolute atomic E-state index is 13.0. The highest BCUT2D eigenvalue weighted by Gasteiger charge is 2.42. The van der Waals surface area contributed by atoms with Gasteiger partial charge in [-0.15, -0.1) is 0 Å². The Morgan fingerprint density at radius 3 is 2.27 bits per heavy atom. The minimum absolute atomic E-state index is 0.0819. The number of carbonyl (C=O) groups excluding carboxylic acids is 1. The van der Waals surface area contributed by atoms with Crippen LogP contribution in [0.5, 0.6) is 11.5 Å². The van der Waals surface area contributed by atoms with Gasteiger partial charge >= 0.3 is 0 Å². The summed E-state index contributed by atoms with van der Waals surface area (Å²) >= 11 is 0. The number of methoxy groups -OCH3 is 2. The lowest BCUT2D eigenvalue weighted by Gasteiger charge is -2.45. The number of likely N-dealkylation sites (tertiary alicyclic amines) is 1. The fourth-order valence-corrected chi connectivity index (χ4v) is 4.56. The second-order valence-electron chi connectivity index (χ2n) is 8.19. The second-order valence-corrected chi connectivity index (χ2v) is 8.19. The number of benzene rings is 2. The first-order valence-electron chi connectivity index (χ1n) is 10.4. The van der Waals surface area contributed by atoms with Gasteiger partial charge < -0.3 is 24.0 Å². The number of amides is 1. The van der Waals surface area contributed by atoms with Crippen molar-refractivity contribution < 1.29 is 19.0 Å². The number of hydrogen-bond acceptors (Lipinski definition) is 5. The zero-order valence-corrected chi connectivity index (χ0v) is 18.2. The van der Waals surface area contributed by atoms with Gasteiger partial charge in [-0.25, -0.2) is 0 Å². The molecule has 2 heterocycles. The number of rotatable bonds is 4. The average molecular weight is 411 g/mol. The van der Waals surface area contributed by atoms with E-state index in [4.69, 9.17) is 14.2 Å². The fraction of sp³-hybridized carbons (Fsp3) is 0.458. The first kappa shape index (κ1) is 20.5. The number of fused-ring (bicyclic) bond motifs is 2. The molecule has 2 aromatic rings. The molecule has 30 heavy (non-hydrogen) atoms. The highest BCUT2D eigenvalue weighted by atomic mass is 16.5. The molecular weight excluding hydrogens is 380 g/mol. The summed E-state index contributed by atoms with van der Waals surface area (Å²) in [6.07, 6.45) is 2.41. The van der Waals surface area contributed by atoms with Crippen LogP contribution in [0.4, 0.5) is 5.69 Å². The Morgan fingerprint density at radius 2 is 1.67 bits per heavy atom. The lowest BCUT2D eigenvalue weighted by molar-refractivity contribution is -0.0936. The van der Waals surface area contributed by atoms with E-state index >= 15 is 0 Å². The van der Waals surface area contributed by atoms with Crippen molar-refractivity contribution in [2.24, 2.45) is 0 Å². The third-order valence-corrected chi connectivity index (χ3v) is 6.34. The molecule has 2 aromatic carbocycles. The van der Waals surface area contributed by atoms with Crippen LogP contribution in [0.3, 0.4) is 0 Å². The minimum Gasteiger partial charge on any atom is -0.493 e. The standard InChI is InChI=1S/C24H30N2O4/c1-25(2)19-7-5-17(6-8-19)23(27)26-12-10-24(11-13-26)20-16-22(29-4)21(28-3)15-18(20)9-14-30-24/h5-8,15-16H,9-14H2,1-4H3. The predicted molar refractivity (Wildman–Crippen MR) is 117 cm³/mol. The summed E-state index contributed by atoms with van der Waals surface area (Å²) in [5.74, 6) is 1.56. The van der Waals surface area contributed by atoms with Gasteiger partial charge in [0.25, 0.3) is 5.91 Å². The van der Waals surface area contributed by atoms with E-state index in [9.17, 15) is 4.79 Å². The van der Waals surface area contributed by atoms with Crippen LogP contribution >= 0.6 is 0 Å². The Labute approximate surface area is 178 Å². The van der Waals surface area contributed by atoms with Crippen LogP contribution in [0.1, 0.15) is 34.3 Å². The first-order valence-corrected chi connectivity index (χ1v) is 10.4. The van der Waals surface area contributed by atoms with Crippen molar-refractivity contribution in [1.29, 1.82) is 0 Å². The van der Waals surface area contributed by atoms with E-state index in [2.05, 4.69) is 12.1 Å². The number of anilines is 1. The maximum Gasteiger partial charge on any atom is 0.253 e. The molecular formula is C24H30N2O4. The molecule has 1 saturated heterocycles. The van der Waals surface area contributed by atoms with E-state index in [1.165, 1.54) is 11.1 Å². The molecule has 0 aliphatic carbocycles. The van der Waals surface area contributed by atoms with Gasteiger partial charge in [0.15, 0.2) is 11.5 Å². The fourth-order valence-electron chi connectivity index (χ4n) is 4.56. The van der Waals surface area contributed by atoms with E-state index in [1.54, 1.807) is 14.2 Å². The van der Waals surface area contributed by atoms with E-state index in [1.807, 2.05) is 48.2 Å². The molecule has 2 aliphatic rings. The molecule has 0 aromatic heterocycles. The Balaban J connectivity index is 1.52. The summed E-state index contributed by atoms with van der Waals surface area (Å²) in [5, 5.41) is 0. The molecule has 0 atom stereocenters. The van der Waals surface area contributed by atoms with Gasteiger partial charge in [-0.2, -0.15) is 0 Å². The molecule has 160 valence electrons. The van der Waals surface area contributed by atoms with E-state index in [0.717, 1.165) is 42.0 Å². The van der Waals surface area contributed by atoms with Gasteiger partial charge in [-0.3, -0.25) is 4.79 Å². The molecule has 4 rings (SSSR count). The Kier molecular flexibility index (Phi) is 5.60. The molecule has 0 bridgehead atoms. The van der Waals surface area contributed by atoms with Crippen molar-refractivity contribution in [1.82, 2.24) is 4.90 Å². The second kappa shape index (κ2) is 8.19. The number of piperidine rings is 1. The predicted octanol–water partition coefficient (Wildman–Crippen LogP) is 3.47. The molecule has 2 aliphatic heterocycles. The van der Waals surface area contributed by atoms with Crippen LogP contribution in [-0.2, 0) is 16.8 Å². The molecule has 0 saturated carbocycles. The quantitative estimate of drug-likeness (QED) is 0.773. The summed E-state index contributed by atoms with van der Waals surface area (Å²) in [5.41, 5.74) is 3.87. The van der Waals surface area contributed by atoms with Gasteiger partial charge in [0, 0.05) is 38.4 Å². The minimum atomic E-state index is -0.362. The maximum atomic E-state index is 13.0. The SMILES string of the molecule is COc1cc2c(cc1OC)C1(CCN(C(=O)c3ccc(N(C)C)cc3)CC1)OCC2. The summed E-state index contributed by atoms with van der Waals surface area (Å²) in [6.45, 7) is 2.02. The Morgan fingerprint density at radius 1 is 1.03 bits per heavy atom. The van der Waals surface area contributed by atoms with Crippen LogP contribution < -0.4 is 14.4 Å². The number of carbonyl (C=O) groups is 1. The van der Waals surface area contributed by atoms with E-state index < -0.39 is 0 Å². The van der Waals surface area contributed by atoms with Crippen LogP contribution in [0.15, 0.2) is 36.4 Å². The number of ether oxygens (including phenoxy) is 3. The van der Waals surface area contributed by atoms with Gasteiger partial charge in [0.1, 0.15) is 0 Å². The zero-order chi connectivity index (χ0) is 21.3. The topological polar surface area (TPSA) is 51.2 Å². The largest absolute Gasteiger partial charge is 0.493 e. The molecule has 0 radical (unpaired) electrons. The lowest BCUT2D eigenvalue weighted by atomic mass is 9.79. The molecule has 1 spiro atoms. The highest BCUT2D eigenvalue weighted by Crippen LogP contribution is 2.45. The third kappa shape index (κ3) is 3.60. The van der Waals surface area contributed by atoms with Crippen molar-refractivity contribution in [3.8, 4) is 11.5 Å². The Bertz CT molecular complexity index is 916. The van der Waals surface area contributed by atoms with Crippen molar-refractivity contribution in [2.45, 2.75) is 24.9 Å². The average Bonchev–Trinajstić information content (AvgIpc) is 2.78. The summed E-state index contributed by atoms with van der Waals surface area (Å²) < 4.78 is 17.4. The van der Waals surface area contributed by atoms with Gasteiger partial charge in [0.2, 0.25) is 0 Å². The Hall–Kier alpha value is -2.73. The molecule has 1 fully saturated rings. The molecule has 0 N–H and O–H groups in total. The van der Waals surface area contributed by atoms with Crippen LogP contribution in [0.25, 0.3) is 0 Å². The van der Waals surface area contributed by atoms with Crippen molar-refractivity contribution in [3.05, 3.63) is 53.1 Å². The lowest BCUT2D eigenvalue weighted by Crippen LogP contribution is -2.48. The van der Waals surface area contributed by atoms with E-state index in [0.29, 0.717) is 19.7 Å². The smallest absolute Gasteiger partial charge is 0.253 e. The van der Waals surface area contributed by atoms with Gasteiger partial charge in [0.05, 0.1) is 26.4 Å². The van der Waals surface area contributed by atoms with Crippen LogP contribution in [0, 0.1) is 0 Å². The molecule has 6 nitrogen and oxygen atoms in total. The summed E-state index contributed by atoms with van der Waals surface area (Å²) in [4.78, 5) is 17.0. The van der Waals surface area contributed by atoms with Crippen molar-refractivity contribution in [2.75, 3.05) is 52.9 Å². The molecule has 1 amide bonds. The molecule has 0 unspecified atom stereocenters. The van der Waals surface area contributed by atoms with E-state index in [-0.39, 0.29) is 11.5 Å². The van der Waals surface area contributed by atoms with Crippen LogP contribution in [0.2, 0.25) is 0 Å². The van der Waals surface area contributed by atoms with Crippen molar-refractivity contribution >= 4 is 11.6 Å². The highest BCUT2D eigenvalue weighted by molar-refractivity contribution is 5.94. The zero-order valence-electron chi connectivity index (χ0n) is 18.2. The summed E-state index contributed by atoms with van der Waals surface area (Å²) in [7, 11) is 7.30. The van der Waals surface area contributed by atoms with Gasteiger partial charge in [-0.05, 0) is 66.8 Å². The third-order valence-electron chi connectivity index (χ3n) is 6.34. The number of hydrogen-bond donors (Lipinski definition) is 0. The normalized spacial score (nSPS) is 17.4. The summed E-state index contributed by atoms with van der Waals surface area (Å²) in [6, 6.07) is 11.9. The monoisotopic (exact) mass is 410 g/mol. The number of nitrogens with zero attached hydrogens (tertiary/aromatic N) is 2.